The zero-order valence-corrected chi connectivity index (χ0v) is 8.35. The summed E-state index contributed by atoms with van der Waals surface area (Å²) in [6.45, 7) is 9.06. The topological polar surface area (TPSA) is 20.2 Å². The lowest BCUT2D eigenvalue weighted by Gasteiger charge is -2.31. The van der Waals surface area contributed by atoms with Gasteiger partial charge in [0.15, 0.2) is 0 Å². The minimum absolute atomic E-state index is 0.149. The summed E-state index contributed by atoms with van der Waals surface area (Å²) in [6.07, 6.45) is 3.61. The van der Waals surface area contributed by atoms with Crippen LogP contribution in [0.2, 0.25) is 0 Å². The number of rotatable bonds is 5. The Bertz CT molecular complexity index is 99.0. The van der Waals surface area contributed by atoms with Gasteiger partial charge in [-0.3, -0.25) is 0 Å². The maximum Gasteiger partial charge on any atom is 0.0487 e. The Labute approximate surface area is 70.8 Å². The van der Waals surface area contributed by atoms with Gasteiger partial charge in [0.1, 0.15) is 0 Å². The van der Waals surface area contributed by atoms with Crippen molar-refractivity contribution < 1.29 is 5.11 Å². The molecular weight excluding hydrogens is 136 g/mol. The molecule has 0 unspecified atom stereocenters. The Balaban J connectivity index is 3.88. The average molecular weight is 158 g/mol. The Hall–Kier alpha value is -0.0400. The van der Waals surface area contributed by atoms with Crippen LogP contribution in [0.25, 0.3) is 0 Å². The first-order valence-electron chi connectivity index (χ1n) is 4.67. The molecule has 0 fully saturated rings. The smallest absolute Gasteiger partial charge is 0.0487 e. The van der Waals surface area contributed by atoms with Crippen LogP contribution in [0.3, 0.4) is 0 Å². The molecule has 0 aromatic rings. The molecule has 0 aliphatic heterocycles. The fourth-order valence-electron chi connectivity index (χ4n) is 1.13. The van der Waals surface area contributed by atoms with E-state index in [2.05, 4.69) is 27.7 Å². The Morgan fingerprint density at radius 2 is 1.91 bits per heavy atom. The molecule has 0 spiro atoms. The van der Waals surface area contributed by atoms with Gasteiger partial charge in [-0.2, -0.15) is 0 Å². The van der Waals surface area contributed by atoms with Crippen LogP contribution < -0.4 is 0 Å². The summed E-state index contributed by atoms with van der Waals surface area (Å²) in [5, 5.41) is 9.18. The SMILES string of the molecule is CCCC[C@](C)(CO)C(C)C. The second-order valence-electron chi connectivity index (χ2n) is 4.07. The third kappa shape index (κ3) is 3.24. The zero-order chi connectivity index (χ0) is 8.91. The van der Waals surface area contributed by atoms with Crippen molar-refractivity contribution in [2.45, 2.75) is 47.0 Å². The summed E-state index contributed by atoms with van der Waals surface area (Å²) >= 11 is 0. The van der Waals surface area contributed by atoms with Gasteiger partial charge >= 0.3 is 0 Å². The molecule has 0 rings (SSSR count). The van der Waals surface area contributed by atoms with Crippen molar-refractivity contribution in [1.29, 1.82) is 0 Å². The molecular formula is C10H22O. The quantitative estimate of drug-likeness (QED) is 0.652. The molecule has 0 bridgehead atoms. The van der Waals surface area contributed by atoms with Crippen molar-refractivity contribution in [3.8, 4) is 0 Å². The number of hydrogen-bond donors (Lipinski definition) is 1. The van der Waals surface area contributed by atoms with Gasteiger partial charge in [-0.05, 0) is 17.8 Å². The summed E-state index contributed by atoms with van der Waals surface area (Å²) in [4.78, 5) is 0. The molecule has 0 amide bonds. The molecule has 0 saturated heterocycles. The van der Waals surface area contributed by atoms with E-state index in [1.165, 1.54) is 12.8 Å². The number of unbranched alkanes of at least 4 members (excludes halogenated alkanes) is 1. The molecule has 11 heavy (non-hydrogen) atoms. The second-order valence-corrected chi connectivity index (χ2v) is 4.07. The highest BCUT2D eigenvalue weighted by Gasteiger charge is 2.26. The van der Waals surface area contributed by atoms with Gasteiger partial charge in [0.2, 0.25) is 0 Å². The zero-order valence-electron chi connectivity index (χ0n) is 8.35. The largest absolute Gasteiger partial charge is 0.396 e. The van der Waals surface area contributed by atoms with Crippen molar-refractivity contribution in [3.05, 3.63) is 0 Å². The molecule has 0 aromatic heterocycles. The molecule has 0 aliphatic rings. The van der Waals surface area contributed by atoms with Gasteiger partial charge in [0.25, 0.3) is 0 Å². The minimum atomic E-state index is 0.149. The number of hydrogen-bond acceptors (Lipinski definition) is 1. The highest BCUT2D eigenvalue weighted by atomic mass is 16.3. The Kier molecular flexibility index (Phi) is 4.74. The van der Waals surface area contributed by atoms with Crippen LogP contribution in [0.4, 0.5) is 0 Å². The second kappa shape index (κ2) is 4.76. The Morgan fingerprint density at radius 3 is 2.18 bits per heavy atom. The standard InChI is InChI=1S/C10H22O/c1-5-6-7-10(4,8-11)9(2)3/h9,11H,5-8H2,1-4H3/t10-/m1/s1. The molecule has 1 nitrogen and oxygen atoms in total. The first kappa shape index (κ1) is 11.0. The normalized spacial score (nSPS) is 16.9. The van der Waals surface area contributed by atoms with E-state index in [0.717, 1.165) is 6.42 Å². The molecule has 0 radical (unpaired) electrons. The van der Waals surface area contributed by atoms with Gasteiger partial charge in [0.05, 0.1) is 0 Å². The summed E-state index contributed by atoms with van der Waals surface area (Å²) in [7, 11) is 0. The fraction of sp³-hybridized carbons (Fsp3) is 1.00. The third-order valence-electron chi connectivity index (χ3n) is 2.86. The van der Waals surface area contributed by atoms with Crippen molar-refractivity contribution in [2.75, 3.05) is 6.61 Å². The minimum Gasteiger partial charge on any atom is -0.396 e. The van der Waals surface area contributed by atoms with Crippen LogP contribution in [0.15, 0.2) is 0 Å². The molecule has 0 saturated carbocycles. The van der Waals surface area contributed by atoms with Crippen LogP contribution in [0, 0.1) is 11.3 Å². The van der Waals surface area contributed by atoms with Gasteiger partial charge < -0.3 is 5.11 Å². The molecule has 1 heteroatoms. The van der Waals surface area contributed by atoms with Crippen LogP contribution in [0.1, 0.15) is 47.0 Å². The van der Waals surface area contributed by atoms with E-state index in [1.54, 1.807) is 0 Å². The Morgan fingerprint density at radius 1 is 1.36 bits per heavy atom. The van der Waals surface area contributed by atoms with Crippen molar-refractivity contribution in [2.24, 2.45) is 11.3 Å². The molecule has 0 aromatic carbocycles. The molecule has 1 atom stereocenters. The van der Waals surface area contributed by atoms with Crippen LogP contribution in [-0.4, -0.2) is 11.7 Å². The van der Waals surface area contributed by atoms with E-state index in [4.69, 9.17) is 0 Å². The fourth-order valence-corrected chi connectivity index (χ4v) is 1.13. The van der Waals surface area contributed by atoms with E-state index < -0.39 is 0 Å². The lowest BCUT2D eigenvalue weighted by molar-refractivity contribution is 0.0831. The molecule has 0 aliphatic carbocycles. The monoisotopic (exact) mass is 158 g/mol. The van der Waals surface area contributed by atoms with E-state index in [1.807, 2.05) is 0 Å². The summed E-state index contributed by atoms with van der Waals surface area (Å²) in [5.74, 6) is 0.582. The molecule has 1 N–H and O–H groups in total. The van der Waals surface area contributed by atoms with Crippen LogP contribution in [-0.2, 0) is 0 Å². The predicted molar refractivity (Wildman–Crippen MR) is 49.6 cm³/mol. The van der Waals surface area contributed by atoms with Gasteiger partial charge in [0, 0.05) is 6.61 Å². The third-order valence-corrected chi connectivity index (χ3v) is 2.86. The average Bonchev–Trinajstić information content (AvgIpc) is 2.00. The summed E-state index contributed by atoms with van der Waals surface area (Å²) < 4.78 is 0. The highest BCUT2D eigenvalue weighted by molar-refractivity contribution is 4.76. The van der Waals surface area contributed by atoms with E-state index >= 15 is 0 Å². The first-order chi connectivity index (χ1) is 5.06. The first-order valence-corrected chi connectivity index (χ1v) is 4.67. The van der Waals surface area contributed by atoms with Gasteiger partial charge in [-0.25, -0.2) is 0 Å². The highest BCUT2D eigenvalue weighted by Crippen LogP contribution is 2.31. The van der Waals surface area contributed by atoms with Crippen molar-refractivity contribution >= 4 is 0 Å². The molecule has 0 heterocycles. The summed E-state index contributed by atoms with van der Waals surface area (Å²) in [6, 6.07) is 0. The lowest BCUT2D eigenvalue weighted by Crippen LogP contribution is -2.27. The van der Waals surface area contributed by atoms with Crippen molar-refractivity contribution in [1.82, 2.24) is 0 Å². The number of aliphatic hydroxyl groups excluding tert-OH is 1. The number of aliphatic hydroxyl groups is 1. The van der Waals surface area contributed by atoms with E-state index in [0.29, 0.717) is 12.5 Å². The van der Waals surface area contributed by atoms with Crippen LogP contribution in [0.5, 0.6) is 0 Å². The maximum atomic E-state index is 9.18. The predicted octanol–water partition coefficient (Wildman–Crippen LogP) is 2.83. The van der Waals surface area contributed by atoms with E-state index in [-0.39, 0.29) is 5.41 Å². The summed E-state index contributed by atoms with van der Waals surface area (Å²) in [5.41, 5.74) is 0.149. The van der Waals surface area contributed by atoms with E-state index in [9.17, 15) is 5.11 Å². The van der Waals surface area contributed by atoms with Crippen LogP contribution >= 0.6 is 0 Å². The molecule has 68 valence electrons. The van der Waals surface area contributed by atoms with Gasteiger partial charge in [-0.1, -0.05) is 40.5 Å². The van der Waals surface area contributed by atoms with Gasteiger partial charge in [-0.15, -0.1) is 0 Å². The lowest BCUT2D eigenvalue weighted by atomic mass is 9.76. The van der Waals surface area contributed by atoms with Crippen molar-refractivity contribution in [3.63, 3.8) is 0 Å². The maximum absolute atomic E-state index is 9.18.